The molecular weight excluding hydrogens is 282 g/mol. The third-order valence-electron chi connectivity index (χ3n) is 3.20. The van der Waals surface area contributed by atoms with E-state index in [2.05, 4.69) is 10.3 Å². The van der Waals surface area contributed by atoms with Gasteiger partial charge in [-0.05, 0) is 24.3 Å². The van der Waals surface area contributed by atoms with Crippen molar-refractivity contribution in [1.29, 1.82) is 10.5 Å². The standard InChI is InChI=1S/C15H7N5O2/c16-6-9-8-2-1-5-18-11(8)3-4-12(9)19-13-10(7-17)14(21)20-15(13)22/h1-5H,(H2,19,20,21,22). The van der Waals surface area contributed by atoms with Crippen LogP contribution in [-0.4, -0.2) is 16.8 Å². The van der Waals surface area contributed by atoms with Crippen LogP contribution >= 0.6 is 0 Å². The number of anilines is 1. The molecular formula is C15H7N5O2. The van der Waals surface area contributed by atoms with E-state index in [0.29, 0.717) is 16.6 Å². The molecule has 104 valence electrons. The summed E-state index contributed by atoms with van der Waals surface area (Å²) in [6, 6.07) is 10.4. The minimum absolute atomic E-state index is 0.160. The molecule has 1 aromatic carbocycles. The number of carbonyl (C=O) groups excluding carboxylic acids is 2. The predicted octanol–water partition coefficient (Wildman–Crippen LogP) is 0.952. The first kappa shape index (κ1) is 13.3. The van der Waals surface area contributed by atoms with Gasteiger partial charge < -0.3 is 5.32 Å². The van der Waals surface area contributed by atoms with Crippen molar-refractivity contribution in [2.24, 2.45) is 0 Å². The number of hydrogen-bond acceptors (Lipinski definition) is 6. The lowest BCUT2D eigenvalue weighted by Crippen LogP contribution is -2.24. The number of nitrogens with one attached hydrogen (secondary N) is 2. The van der Waals surface area contributed by atoms with Gasteiger partial charge in [0, 0.05) is 11.6 Å². The molecule has 0 saturated carbocycles. The van der Waals surface area contributed by atoms with Crippen LogP contribution in [0.2, 0.25) is 0 Å². The summed E-state index contributed by atoms with van der Waals surface area (Å²) in [4.78, 5) is 27.3. The first-order valence-electron chi connectivity index (χ1n) is 6.20. The van der Waals surface area contributed by atoms with Crippen LogP contribution in [0, 0.1) is 22.7 Å². The van der Waals surface area contributed by atoms with E-state index in [-0.39, 0.29) is 16.8 Å². The largest absolute Gasteiger partial charge is 0.349 e. The number of nitrogens with zero attached hydrogens (tertiary/aromatic N) is 3. The van der Waals surface area contributed by atoms with Gasteiger partial charge in [0.25, 0.3) is 11.8 Å². The second-order valence-electron chi connectivity index (χ2n) is 4.44. The molecule has 7 heteroatoms. The Morgan fingerprint density at radius 1 is 1.09 bits per heavy atom. The van der Waals surface area contributed by atoms with Gasteiger partial charge in [-0.15, -0.1) is 0 Å². The van der Waals surface area contributed by atoms with Gasteiger partial charge in [-0.2, -0.15) is 10.5 Å². The van der Waals surface area contributed by atoms with Gasteiger partial charge in [0.1, 0.15) is 23.4 Å². The molecule has 7 nitrogen and oxygen atoms in total. The third-order valence-corrected chi connectivity index (χ3v) is 3.20. The molecule has 0 bridgehead atoms. The summed E-state index contributed by atoms with van der Waals surface area (Å²) in [6.45, 7) is 0. The molecule has 2 heterocycles. The second kappa shape index (κ2) is 5.00. The molecule has 1 aliphatic rings. The fourth-order valence-electron chi connectivity index (χ4n) is 2.19. The minimum Gasteiger partial charge on any atom is -0.349 e. The zero-order valence-electron chi connectivity index (χ0n) is 11.0. The van der Waals surface area contributed by atoms with Crippen molar-refractivity contribution < 1.29 is 9.59 Å². The van der Waals surface area contributed by atoms with Crippen molar-refractivity contribution in [1.82, 2.24) is 10.3 Å². The average Bonchev–Trinajstić information content (AvgIpc) is 2.80. The summed E-state index contributed by atoms with van der Waals surface area (Å²) in [7, 11) is 0. The summed E-state index contributed by atoms with van der Waals surface area (Å²) in [5, 5.41) is 23.7. The van der Waals surface area contributed by atoms with Gasteiger partial charge in [-0.3, -0.25) is 19.9 Å². The van der Waals surface area contributed by atoms with Crippen LogP contribution < -0.4 is 10.6 Å². The van der Waals surface area contributed by atoms with Gasteiger partial charge in [-0.1, -0.05) is 0 Å². The fourth-order valence-corrected chi connectivity index (χ4v) is 2.19. The Labute approximate surface area is 124 Å². The maximum absolute atomic E-state index is 11.7. The van der Waals surface area contributed by atoms with Crippen molar-refractivity contribution in [2.45, 2.75) is 0 Å². The van der Waals surface area contributed by atoms with Gasteiger partial charge in [-0.25, -0.2) is 0 Å². The molecule has 3 rings (SSSR count). The van der Waals surface area contributed by atoms with Gasteiger partial charge in [0.2, 0.25) is 0 Å². The molecule has 0 aliphatic carbocycles. The normalized spacial score (nSPS) is 13.7. The van der Waals surface area contributed by atoms with E-state index < -0.39 is 11.8 Å². The highest BCUT2D eigenvalue weighted by Gasteiger charge is 2.31. The molecule has 1 aromatic heterocycles. The van der Waals surface area contributed by atoms with Crippen LogP contribution in [-0.2, 0) is 9.59 Å². The highest BCUT2D eigenvalue weighted by Crippen LogP contribution is 2.26. The molecule has 0 atom stereocenters. The van der Waals surface area contributed by atoms with Crippen LogP contribution in [0.15, 0.2) is 41.7 Å². The van der Waals surface area contributed by atoms with Gasteiger partial charge in [0.15, 0.2) is 0 Å². The monoisotopic (exact) mass is 289 g/mol. The Hall–Kier alpha value is -3.71. The lowest BCUT2D eigenvalue weighted by atomic mass is 10.1. The van der Waals surface area contributed by atoms with E-state index in [1.807, 2.05) is 11.4 Å². The highest BCUT2D eigenvalue weighted by molar-refractivity contribution is 6.22. The van der Waals surface area contributed by atoms with Crippen molar-refractivity contribution in [3.05, 3.63) is 47.3 Å². The van der Waals surface area contributed by atoms with E-state index in [4.69, 9.17) is 5.26 Å². The predicted molar refractivity (Wildman–Crippen MR) is 75.9 cm³/mol. The number of aromatic nitrogens is 1. The van der Waals surface area contributed by atoms with Crippen molar-refractivity contribution in [2.75, 3.05) is 5.32 Å². The van der Waals surface area contributed by atoms with Crippen LogP contribution in [0.1, 0.15) is 5.56 Å². The van der Waals surface area contributed by atoms with E-state index in [0.717, 1.165) is 0 Å². The summed E-state index contributed by atoms with van der Waals surface area (Å²) in [5.41, 5.74) is 0.775. The second-order valence-corrected chi connectivity index (χ2v) is 4.44. The number of amides is 2. The van der Waals surface area contributed by atoms with Crippen LogP contribution in [0.3, 0.4) is 0 Å². The number of rotatable bonds is 2. The molecule has 22 heavy (non-hydrogen) atoms. The average molecular weight is 289 g/mol. The Morgan fingerprint density at radius 2 is 1.91 bits per heavy atom. The SMILES string of the molecule is N#CC1=C(Nc2ccc3ncccc3c2C#N)C(=O)NC1=O. The zero-order chi connectivity index (χ0) is 15.7. The lowest BCUT2D eigenvalue weighted by molar-refractivity contribution is -0.124. The summed E-state index contributed by atoms with van der Waals surface area (Å²) < 4.78 is 0. The minimum atomic E-state index is -0.754. The molecule has 0 unspecified atom stereocenters. The van der Waals surface area contributed by atoms with E-state index in [1.54, 1.807) is 36.5 Å². The Kier molecular flexibility index (Phi) is 3.02. The van der Waals surface area contributed by atoms with Crippen molar-refractivity contribution in [3.8, 4) is 12.1 Å². The maximum atomic E-state index is 11.7. The summed E-state index contributed by atoms with van der Waals surface area (Å²) in [6.07, 6.45) is 1.61. The first-order valence-corrected chi connectivity index (χ1v) is 6.20. The van der Waals surface area contributed by atoms with Crippen LogP contribution in [0.4, 0.5) is 5.69 Å². The molecule has 2 amide bonds. The third kappa shape index (κ3) is 1.94. The molecule has 2 aromatic rings. The molecule has 0 spiro atoms. The molecule has 2 N–H and O–H groups in total. The summed E-state index contributed by atoms with van der Waals surface area (Å²) >= 11 is 0. The Balaban J connectivity index is 2.15. The van der Waals surface area contributed by atoms with Crippen LogP contribution in [0.25, 0.3) is 10.9 Å². The van der Waals surface area contributed by atoms with Crippen molar-refractivity contribution >= 4 is 28.4 Å². The van der Waals surface area contributed by atoms with Crippen LogP contribution in [0.5, 0.6) is 0 Å². The number of hydrogen-bond donors (Lipinski definition) is 2. The number of benzene rings is 1. The van der Waals surface area contributed by atoms with E-state index in [9.17, 15) is 14.9 Å². The Morgan fingerprint density at radius 3 is 2.64 bits per heavy atom. The number of fused-ring (bicyclic) bond motifs is 1. The zero-order valence-corrected chi connectivity index (χ0v) is 11.0. The van der Waals surface area contributed by atoms with Crippen molar-refractivity contribution in [3.63, 3.8) is 0 Å². The molecule has 0 fully saturated rings. The maximum Gasteiger partial charge on any atom is 0.276 e. The van der Waals surface area contributed by atoms with E-state index in [1.165, 1.54) is 0 Å². The number of nitriles is 2. The molecule has 1 aliphatic heterocycles. The number of pyridine rings is 1. The molecule has 0 radical (unpaired) electrons. The Bertz CT molecular complexity index is 947. The van der Waals surface area contributed by atoms with Gasteiger partial charge in [0.05, 0.1) is 16.8 Å². The smallest absolute Gasteiger partial charge is 0.276 e. The van der Waals surface area contributed by atoms with E-state index >= 15 is 0 Å². The number of carbonyl (C=O) groups is 2. The lowest BCUT2D eigenvalue weighted by Gasteiger charge is -2.09. The molecule has 0 saturated heterocycles. The quantitative estimate of drug-likeness (QED) is 0.794. The highest BCUT2D eigenvalue weighted by atomic mass is 16.2. The van der Waals surface area contributed by atoms with Gasteiger partial charge >= 0.3 is 0 Å². The topological polar surface area (TPSA) is 119 Å². The number of imide groups is 1. The summed E-state index contributed by atoms with van der Waals surface area (Å²) in [5.74, 6) is -1.45. The first-order chi connectivity index (χ1) is 10.7. The fraction of sp³-hybridized carbons (Fsp3) is 0.